The lowest BCUT2D eigenvalue weighted by molar-refractivity contribution is 0.103. The predicted octanol–water partition coefficient (Wildman–Crippen LogP) is 4.53. The number of hydrogen-bond donors (Lipinski definition) is 0. The second-order valence-corrected chi connectivity index (χ2v) is 6.18. The number of carbonyl (C=O) groups excluding carboxylic acids is 1. The van der Waals surface area contributed by atoms with Gasteiger partial charge in [0.15, 0.2) is 5.78 Å². The third-order valence-corrected chi connectivity index (χ3v) is 4.33. The molecule has 0 aliphatic heterocycles. The normalized spacial score (nSPS) is 11.1. The van der Waals surface area contributed by atoms with E-state index in [1.807, 2.05) is 6.07 Å². The highest BCUT2D eigenvalue weighted by atomic mass is 35.5. The van der Waals surface area contributed by atoms with Gasteiger partial charge in [0, 0.05) is 16.1 Å². The first kappa shape index (κ1) is 15.5. The Labute approximate surface area is 147 Å². The molecule has 0 bridgehead atoms. The van der Waals surface area contributed by atoms with E-state index in [1.165, 1.54) is 0 Å². The fourth-order valence-electron chi connectivity index (χ4n) is 2.82. The molecule has 0 unspecified atom stereocenters. The predicted molar refractivity (Wildman–Crippen MR) is 97.4 cm³/mol. The Kier molecular flexibility index (Phi) is 3.62. The molecule has 0 saturated heterocycles. The zero-order valence-electron chi connectivity index (χ0n) is 13.2. The maximum Gasteiger partial charge on any atom is 0.230 e. The molecule has 0 amide bonds. The molecule has 0 N–H and O–H groups in total. The van der Waals surface area contributed by atoms with E-state index in [0.717, 1.165) is 0 Å². The second-order valence-electron chi connectivity index (χ2n) is 5.74. The average molecular weight is 350 g/mol. The molecule has 5 heteroatoms. The number of hydrogen-bond acceptors (Lipinski definition) is 4. The minimum atomic E-state index is -0.256. The highest BCUT2D eigenvalue weighted by Gasteiger charge is 2.17. The smallest absolute Gasteiger partial charge is 0.230 e. The third-order valence-electron chi connectivity index (χ3n) is 4.10. The van der Waals surface area contributed by atoms with Gasteiger partial charge in [0.2, 0.25) is 11.1 Å². The molecule has 4 rings (SSSR count). The molecule has 0 saturated carbocycles. The Hall–Kier alpha value is -2.98. The number of halogens is 1. The van der Waals surface area contributed by atoms with E-state index in [-0.39, 0.29) is 22.3 Å². The van der Waals surface area contributed by atoms with Gasteiger partial charge in [-0.3, -0.25) is 9.59 Å². The van der Waals surface area contributed by atoms with Crippen molar-refractivity contribution in [3.8, 4) is 0 Å². The summed E-state index contributed by atoms with van der Waals surface area (Å²) in [6, 6.07) is 15.3. The molecule has 122 valence electrons. The van der Waals surface area contributed by atoms with Crippen LogP contribution in [0.4, 0.5) is 0 Å². The van der Waals surface area contributed by atoms with Gasteiger partial charge in [-0.15, -0.1) is 0 Å². The summed E-state index contributed by atoms with van der Waals surface area (Å²) >= 11 is 5.98. The van der Waals surface area contributed by atoms with E-state index in [9.17, 15) is 9.59 Å². The van der Waals surface area contributed by atoms with Crippen LogP contribution in [-0.4, -0.2) is 10.8 Å². The molecule has 0 atom stereocenters. The van der Waals surface area contributed by atoms with Crippen molar-refractivity contribution in [3.05, 3.63) is 86.7 Å². The van der Waals surface area contributed by atoms with Gasteiger partial charge < -0.3 is 4.42 Å². The molecule has 4 nitrogen and oxygen atoms in total. The fourth-order valence-corrected chi connectivity index (χ4v) is 2.99. The van der Waals surface area contributed by atoms with Crippen molar-refractivity contribution in [1.29, 1.82) is 0 Å². The third kappa shape index (κ3) is 2.61. The van der Waals surface area contributed by atoms with Crippen molar-refractivity contribution in [2.24, 2.45) is 0 Å². The van der Waals surface area contributed by atoms with Crippen LogP contribution in [-0.2, 0) is 0 Å². The first-order chi connectivity index (χ1) is 12.0. The molecule has 0 spiro atoms. The van der Waals surface area contributed by atoms with Gasteiger partial charge >= 0.3 is 0 Å². The van der Waals surface area contributed by atoms with Crippen LogP contribution in [0, 0.1) is 6.92 Å². The van der Waals surface area contributed by atoms with Crippen molar-refractivity contribution >= 4 is 39.5 Å². The molecule has 0 radical (unpaired) electrons. The number of rotatable bonds is 2. The summed E-state index contributed by atoms with van der Waals surface area (Å²) in [6.45, 7) is 1.72. The van der Waals surface area contributed by atoms with Gasteiger partial charge in [-0.25, -0.2) is 4.98 Å². The maximum absolute atomic E-state index is 12.8. The van der Waals surface area contributed by atoms with E-state index in [4.69, 9.17) is 16.0 Å². The highest BCUT2D eigenvalue weighted by Crippen LogP contribution is 2.23. The van der Waals surface area contributed by atoms with Crippen molar-refractivity contribution < 1.29 is 9.21 Å². The van der Waals surface area contributed by atoms with Gasteiger partial charge in [-0.1, -0.05) is 41.9 Å². The summed E-state index contributed by atoms with van der Waals surface area (Å²) in [4.78, 5) is 29.9. The number of pyridine rings is 1. The lowest BCUT2D eigenvalue weighted by Gasteiger charge is -2.07. The van der Waals surface area contributed by atoms with Gasteiger partial charge in [0.1, 0.15) is 5.58 Å². The van der Waals surface area contributed by atoms with Crippen molar-refractivity contribution in [2.75, 3.05) is 0 Å². The summed E-state index contributed by atoms with van der Waals surface area (Å²) < 4.78 is 5.72. The maximum atomic E-state index is 12.8. The molecule has 25 heavy (non-hydrogen) atoms. The minimum Gasteiger partial charge on any atom is -0.437 e. The molecule has 2 aromatic carbocycles. The standard InChI is InChI=1S/C20H12ClNO3/c1-11-14(18(23)12-5-3-2-4-6-12)10-16-19(24)15-9-13(21)7-8-17(15)25-20(16)22-11/h2-10H,1H3. The summed E-state index contributed by atoms with van der Waals surface area (Å²) in [6.07, 6.45) is 0. The summed E-state index contributed by atoms with van der Waals surface area (Å²) in [5.41, 5.74) is 1.80. The van der Waals surface area contributed by atoms with Crippen LogP contribution in [0.15, 0.2) is 63.8 Å². The van der Waals surface area contributed by atoms with Crippen molar-refractivity contribution in [1.82, 2.24) is 4.98 Å². The van der Waals surface area contributed by atoms with E-state index in [1.54, 1.807) is 55.5 Å². The van der Waals surface area contributed by atoms with Gasteiger partial charge in [0.25, 0.3) is 0 Å². The Balaban J connectivity index is 2.00. The van der Waals surface area contributed by atoms with Crippen LogP contribution < -0.4 is 5.43 Å². The zero-order chi connectivity index (χ0) is 17.6. The molecular weight excluding hydrogens is 338 g/mol. The number of fused-ring (bicyclic) bond motifs is 2. The molecule has 2 heterocycles. The van der Waals surface area contributed by atoms with Crippen molar-refractivity contribution in [3.63, 3.8) is 0 Å². The average Bonchev–Trinajstić information content (AvgIpc) is 2.62. The number of benzene rings is 2. The molecular formula is C20H12ClNO3. The fraction of sp³-hybridized carbons (Fsp3) is 0.0500. The summed E-state index contributed by atoms with van der Waals surface area (Å²) in [7, 11) is 0. The van der Waals surface area contributed by atoms with Crippen molar-refractivity contribution in [2.45, 2.75) is 6.92 Å². The second kappa shape index (κ2) is 5.83. The van der Waals surface area contributed by atoms with Crippen LogP contribution >= 0.6 is 11.6 Å². The van der Waals surface area contributed by atoms with Crippen LogP contribution in [0.1, 0.15) is 21.6 Å². The van der Waals surface area contributed by atoms with Crippen LogP contribution in [0.2, 0.25) is 5.02 Å². The first-order valence-electron chi connectivity index (χ1n) is 7.68. The molecule has 4 aromatic rings. The topological polar surface area (TPSA) is 60.2 Å². The Morgan fingerprint density at radius 3 is 2.56 bits per heavy atom. The Morgan fingerprint density at radius 1 is 1.04 bits per heavy atom. The summed E-state index contributed by atoms with van der Waals surface area (Å²) in [5.74, 6) is -0.182. The van der Waals surface area contributed by atoms with Gasteiger partial charge in [-0.05, 0) is 31.2 Å². The molecule has 0 aliphatic carbocycles. The van der Waals surface area contributed by atoms with Crippen LogP contribution in [0.5, 0.6) is 0 Å². The number of carbonyl (C=O) groups is 1. The largest absolute Gasteiger partial charge is 0.437 e. The van der Waals surface area contributed by atoms with Gasteiger partial charge in [-0.2, -0.15) is 0 Å². The number of aromatic nitrogens is 1. The molecule has 0 aliphatic rings. The Bertz CT molecular complexity index is 1200. The van der Waals surface area contributed by atoms with Gasteiger partial charge in [0.05, 0.1) is 16.5 Å². The van der Waals surface area contributed by atoms with E-state index < -0.39 is 0 Å². The summed E-state index contributed by atoms with van der Waals surface area (Å²) in [5, 5.41) is 1.07. The van der Waals surface area contributed by atoms with E-state index >= 15 is 0 Å². The Morgan fingerprint density at radius 2 is 1.80 bits per heavy atom. The van der Waals surface area contributed by atoms with Crippen LogP contribution in [0.3, 0.4) is 0 Å². The first-order valence-corrected chi connectivity index (χ1v) is 8.06. The molecule has 2 aromatic heterocycles. The molecule has 0 fully saturated rings. The SMILES string of the molecule is Cc1nc2oc3ccc(Cl)cc3c(=O)c2cc1C(=O)c1ccccc1. The number of ketones is 1. The van der Waals surface area contributed by atoms with Crippen LogP contribution in [0.25, 0.3) is 22.1 Å². The lowest BCUT2D eigenvalue weighted by atomic mass is 10.0. The minimum absolute atomic E-state index is 0.182. The lowest BCUT2D eigenvalue weighted by Crippen LogP contribution is -2.09. The number of aryl methyl sites for hydroxylation is 1. The zero-order valence-corrected chi connectivity index (χ0v) is 14.0. The van der Waals surface area contributed by atoms with E-state index in [2.05, 4.69) is 4.98 Å². The quantitative estimate of drug-likeness (QED) is 0.394. The number of nitrogens with zero attached hydrogens (tertiary/aromatic N) is 1. The highest BCUT2D eigenvalue weighted by molar-refractivity contribution is 6.31. The van der Waals surface area contributed by atoms with E-state index in [0.29, 0.717) is 32.8 Å². The monoisotopic (exact) mass is 349 g/mol.